The molecule has 238 valence electrons. The van der Waals surface area contributed by atoms with Gasteiger partial charge in [0.25, 0.3) is 5.91 Å². The number of likely N-dealkylation sites (tertiary alicyclic amines) is 1. The van der Waals surface area contributed by atoms with Crippen molar-refractivity contribution in [2.75, 3.05) is 38.7 Å². The molecule has 0 radical (unpaired) electrons. The molecule has 1 N–H and O–H groups in total. The van der Waals surface area contributed by atoms with Crippen molar-refractivity contribution >= 4 is 28.1 Å². The molecule has 0 aliphatic carbocycles. The largest absolute Gasteiger partial charge is 0.493 e. The summed E-state index contributed by atoms with van der Waals surface area (Å²) in [5, 5.41) is 7.72. The Morgan fingerprint density at radius 3 is 2.57 bits per heavy atom. The monoisotopic (exact) mass is 632 g/mol. The summed E-state index contributed by atoms with van der Waals surface area (Å²) in [6.45, 7) is 3.88. The van der Waals surface area contributed by atoms with Gasteiger partial charge in [0.05, 0.1) is 31.1 Å². The maximum Gasteiger partial charge on any atom is 0.274 e. The number of nitrogens with one attached hydrogen (secondary N) is 1. The predicted molar refractivity (Wildman–Crippen MR) is 177 cm³/mol. The molecule has 6 aromatic rings. The van der Waals surface area contributed by atoms with E-state index in [4.69, 9.17) is 14.2 Å². The molecule has 1 aliphatic heterocycles. The highest BCUT2D eigenvalue weighted by Gasteiger charge is 2.17. The second-order valence-electron chi connectivity index (χ2n) is 11.3. The standard InChI is InChI=1S/C36H33FN6O4/c1-45-33-21-26-28(23-34(33)46-19-7-18-42-16-5-6-17-42)38-14-12-31(26)47-32-11-10-25(20-27(32)37)40-36(44)29-22-30(24-8-3-2-4-9-24)43-35(41-29)13-15-39-43/h2-4,8-15,20-23H,5-7,16-19H2,1H3,(H,40,44). The Balaban J connectivity index is 1.06. The number of amides is 1. The topological polar surface area (TPSA) is 103 Å². The van der Waals surface area contributed by atoms with Gasteiger partial charge in [-0.2, -0.15) is 5.10 Å². The molecule has 0 spiro atoms. The van der Waals surface area contributed by atoms with Crippen molar-refractivity contribution < 1.29 is 23.4 Å². The molecule has 1 fully saturated rings. The van der Waals surface area contributed by atoms with Crippen LogP contribution in [0.15, 0.2) is 91.3 Å². The van der Waals surface area contributed by atoms with Crippen LogP contribution in [0.1, 0.15) is 29.8 Å². The summed E-state index contributed by atoms with van der Waals surface area (Å²) in [4.78, 5) is 24.6. The normalized spacial score (nSPS) is 13.2. The molecule has 0 saturated carbocycles. The van der Waals surface area contributed by atoms with E-state index in [-0.39, 0.29) is 17.1 Å². The van der Waals surface area contributed by atoms with Gasteiger partial charge in [0.1, 0.15) is 11.4 Å². The zero-order valence-electron chi connectivity index (χ0n) is 25.9. The van der Waals surface area contributed by atoms with Crippen molar-refractivity contribution in [1.29, 1.82) is 0 Å². The van der Waals surface area contributed by atoms with E-state index in [0.29, 0.717) is 46.1 Å². The number of benzene rings is 3. The third-order valence-corrected chi connectivity index (χ3v) is 8.13. The van der Waals surface area contributed by atoms with Gasteiger partial charge in [0.2, 0.25) is 0 Å². The summed E-state index contributed by atoms with van der Waals surface area (Å²) in [5.74, 6) is 0.378. The van der Waals surface area contributed by atoms with Crippen LogP contribution in [0.25, 0.3) is 27.8 Å². The number of carbonyl (C=O) groups excluding carboxylic acids is 1. The fourth-order valence-corrected chi connectivity index (χ4v) is 5.79. The fraction of sp³-hybridized carbons (Fsp3) is 0.222. The molecule has 1 amide bonds. The molecule has 47 heavy (non-hydrogen) atoms. The predicted octanol–water partition coefficient (Wildman–Crippen LogP) is 7.00. The molecule has 3 aromatic heterocycles. The molecule has 1 saturated heterocycles. The quantitative estimate of drug-likeness (QED) is 0.152. The van der Waals surface area contributed by atoms with Crippen LogP contribution in [-0.2, 0) is 0 Å². The Hall–Kier alpha value is -5.55. The number of nitrogens with zero attached hydrogens (tertiary/aromatic N) is 5. The molecule has 10 nitrogen and oxygen atoms in total. The summed E-state index contributed by atoms with van der Waals surface area (Å²) in [6, 6.07) is 22.5. The lowest BCUT2D eigenvalue weighted by Gasteiger charge is -2.16. The van der Waals surface area contributed by atoms with Gasteiger partial charge in [-0.3, -0.25) is 9.78 Å². The minimum Gasteiger partial charge on any atom is -0.493 e. The first kappa shape index (κ1) is 30.1. The summed E-state index contributed by atoms with van der Waals surface area (Å²) >= 11 is 0. The number of hydrogen-bond donors (Lipinski definition) is 1. The van der Waals surface area contributed by atoms with Crippen LogP contribution in [0.5, 0.6) is 23.0 Å². The van der Waals surface area contributed by atoms with Crippen molar-refractivity contribution in [3.63, 3.8) is 0 Å². The second-order valence-corrected chi connectivity index (χ2v) is 11.3. The molecule has 7 rings (SSSR count). The average molecular weight is 633 g/mol. The van der Waals surface area contributed by atoms with Crippen LogP contribution in [-0.4, -0.2) is 63.7 Å². The minimum absolute atomic E-state index is 0.0122. The highest BCUT2D eigenvalue weighted by Crippen LogP contribution is 2.38. The van der Waals surface area contributed by atoms with Gasteiger partial charge < -0.3 is 24.4 Å². The first-order chi connectivity index (χ1) is 23.1. The van der Waals surface area contributed by atoms with Gasteiger partial charge in [0, 0.05) is 47.6 Å². The van der Waals surface area contributed by atoms with Crippen molar-refractivity contribution in [1.82, 2.24) is 24.5 Å². The SMILES string of the molecule is COc1cc2c(Oc3ccc(NC(=O)c4cc(-c5ccccc5)n5nccc5n4)cc3F)ccnc2cc1OCCCN1CCCC1. The fourth-order valence-electron chi connectivity index (χ4n) is 5.79. The van der Waals surface area contributed by atoms with E-state index < -0.39 is 11.7 Å². The third-order valence-electron chi connectivity index (χ3n) is 8.13. The highest BCUT2D eigenvalue weighted by atomic mass is 19.1. The molecular formula is C36H33FN6O4. The lowest BCUT2D eigenvalue weighted by molar-refractivity contribution is 0.102. The number of halogens is 1. The lowest BCUT2D eigenvalue weighted by Crippen LogP contribution is -2.21. The van der Waals surface area contributed by atoms with Crippen molar-refractivity contribution in [2.24, 2.45) is 0 Å². The maximum atomic E-state index is 15.4. The van der Waals surface area contributed by atoms with E-state index in [2.05, 4.69) is 25.3 Å². The molecule has 0 atom stereocenters. The molecular weight excluding hydrogens is 599 g/mol. The number of pyridine rings is 1. The molecule has 3 aromatic carbocycles. The van der Waals surface area contributed by atoms with Gasteiger partial charge in [0.15, 0.2) is 28.7 Å². The smallest absolute Gasteiger partial charge is 0.274 e. The van der Waals surface area contributed by atoms with Crippen LogP contribution in [0, 0.1) is 5.82 Å². The van der Waals surface area contributed by atoms with Crippen molar-refractivity contribution in [3.05, 3.63) is 103 Å². The number of ether oxygens (including phenoxy) is 3. The summed E-state index contributed by atoms with van der Waals surface area (Å²) in [6.07, 6.45) is 6.66. The van der Waals surface area contributed by atoms with E-state index >= 15 is 4.39 Å². The number of methoxy groups -OCH3 is 1. The Bertz CT molecular complexity index is 2050. The Morgan fingerprint density at radius 2 is 1.77 bits per heavy atom. The minimum atomic E-state index is -0.651. The van der Waals surface area contributed by atoms with Crippen molar-refractivity contribution in [3.8, 4) is 34.3 Å². The van der Waals surface area contributed by atoms with Gasteiger partial charge in [-0.25, -0.2) is 13.9 Å². The number of carbonyl (C=O) groups is 1. The van der Waals surface area contributed by atoms with E-state index in [9.17, 15) is 4.79 Å². The maximum absolute atomic E-state index is 15.4. The number of rotatable bonds is 11. The number of aromatic nitrogens is 4. The van der Waals surface area contributed by atoms with Crippen LogP contribution < -0.4 is 19.5 Å². The molecule has 1 aliphatic rings. The highest BCUT2D eigenvalue weighted by molar-refractivity contribution is 6.03. The summed E-state index contributed by atoms with van der Waals surface area (Å²) < 4.78 is 34.7. The molecule has 0 bridgehead atoms. The van der Waals surface area contributed by atoms with Gasteiger partial charge in [-0.1, -0.05) is 30.3 Å². The number of fused-ring (bicyclic) bond motifs is 2. The van der Waals surface area contributed by atoms with Crippen LogP contribution in [0.3, 0.4) is 0 Å². The Kier molecular flexibility index (Phi) is 8.61. The molecule has 4 heterocycles. The average Bonchev–Trinajstić information content (AvgIpc) is 3.80. The zero-order chi connectivity index (χ0) is 32.2. The number of hydrogen-bond acceptors (Lipinski definition) is 8. The van der Waals surface area contributed by atoms with E-state index in [1.807, 2.05) is 36.4 Å². The second kappa shape index (κ2) is 13.4. The van der Waals surface area contributed by atoms with E-state index in [0.717, 1.165) is 31.6 Å². The van der Waals surface area contributed by atoms with Crippen LogP contribution >= 0.6 is 0 Å². The van der Waals surface area contributed by atoms with Gasteiger partial charge in [-0.15, -0.1) is 0 Å². The Labute approximate surface area is 270 Å². The zero-order valence-corrected chi connectivity index (χ0v) is 25.9. The van der Waals surface area contributed by atoms with E-state index in [1.54, 1.807) is 54.4 Å². The van der Waals surface area contributed by atoms with Gasteiger partial charge >= 0.3 is 0 Å². The Morgan fingerprint density at radius 1 is 0.915 bits per heavy atom. The molecule has 0 unspecified atom stereocenters. The number of anilines is 1. The summed E-state index contributed by atoms with van der Waals surface area (Å²) in [7, 11) is 1.58. The lowest BCUT2D eigenvalue weighted by atomic mass is 10.1. The van der Waals surface area contributed by atoms with Crippen LogP contribution in [0.4, 0.5) is 10.1 Å². The van der Waals surface area contributed by atoms with Gasteiger partial charge in [-0.05, 0) is 62.7 Å². The third kappa shape index (κ3) is 6.56. The first-order valence-electron chi connectivity index (χ1n) is 15.6. The first-order valence-corrected chi connectivity index (χ1v) is 15.6. The van der Waals surface area contributed by atoms with Crippen LogP contribution in [0.2, 0.25) is 0 Å². The summed E-state index contributed by atoms with van der Waals surface area (Å²) in [5.41, 5.74) is 3.15. The van der Waals surface area contributed by atoms with Crippen molar-refractivity contribution in [2.45, 2.75) is 19.3 Å². The molecule has 11 heteroatoms. The van der Waals surface area contributed by atoms with E-state index in [1.165, 1.54) is 25.0 Å².